The first-order valence-corrected chi connectivity index (χ1v) is 11.3. The van der Waals surface area contributed by atoms with E-state index in [4.69, 9.17) is 4.74 Å². The molecule has 0 aromatic heterocycles. The summed E-state index contributed by atoms with van der Waals surface area (Å²) in [6, 6.07) is 17.8. The molecule has 6 nitrogen and oxygen atoms in total. The summed E-state index contributed by atoms with van der Waals surface area (Å²) in [6.45, 7) is 3.86. The van der Waals surface area contributed by atoms with Crippen LogP contribution in [-0.4, -0.2) is 47.9 Å². The molecule has 3 amide bonds. The third-order valence-electron chi connectivity index (χ3n) is 6.15. The number of nitrogens with zero attached hydrogens (tertiary/aromatic N) is 2. The second-order valence-electron chi connectivity index (χ2n) is 8.35. The zero-order valence-electron chi connectivity index (χ0n) is 18.0. The fraction of sp³-hybridized carbons (Fsp3) is 0.440. The number of hydrogen-bond acceptors (Lipinski definition) is 3. The molecule has 1 atom stereocenters. The van der Waals surface area contributed by atoms with Crippen LogP contribution in [0.1, 0.15) is 36.8 Å². The van der Waals surface area contributed by atoms with Crippen LogP contribution in [-0.2, 0) is 17.9 Å². The van der Waals surface area contributed by atoms with Gasteiger partial charge < -0.3 is 19.9 Å². The van der Waals surface area contributed by atoms with Crippen LogP contribution < -0.4 is 10.1 Å². The molecule has 2 aromatic carbocycles. The second-order valence-corrected chi connectivity index (χ2v) is 8.35. The van der Waals surface area contributed by atoms with Gasteiger partial charge in [0, 0.05) is 32.7 Å². The van der Waals surface area contributed by atoms with Gasteiger partial charge in [0.15, 0.2) is 0 Å². The third-order valence-corrected chi connectivity index (χ3v) is 6.15. The number of likely N-dealkylation sites (tertiary alicyclic amines) is 2. The first-order valence-electron chi connectivity index (χ1n) is 11.3. The number of ether oxygens (including phenoxy) is 1. The molecule has 0 bridgehead atoms. The molecule has 0 radical (unpaired) electrons. The van der Waals surface area contributed by atoms with E-state index in [1.54, 1.807) is 0 Å². The molecule has 2 heterocycles. The van der Waals surface area contributed by atoms with Gasteiger partial charge in [0.25, 0.3) is 0 Å². The van der Waals surface area contributed by atoms with Crippen molar-refractivity contribution in [3.8, 4) is 5.75 Å². The minimum atomic E-state index is -0.145. The molecule has 2 aliphatic heterocycles. The van der Waals surface area contributed by atoms with Crippen molar-refractivity contribution >= 4 is 11.9 Å². The Balaban J connectivity index is 1.30. The van der Waals surface area contributed by atoms with E-state index in [1.807, 2.05) is 64.4 Å². The number of piperidine rings is 1. The number of nitrogens with one attached hydrogen (secondary N) is 1. The third kappa shape index (κ3) is 5.57. The first-order chi connectivity index (χ1) is 15.2. The van der Waals surface area contributed by atoms with E-state index in [2.05, 4.69) is 5.32 Å². The molecule has 31 heavy (non-hydrogen) atoms. The number of carbonyl (C=O) groups excluding carboxylic acids is 2. The fourth-order valence-corrected chi connectivity index (χ4v) is 4.35. The number of hydrogen-bond donors (Lipinski definition) is 1. The Kier molecular flexibility index (Phi) is 7.07. The summed E-state index contributed by atoms with van der Waals surface area (Å²) in [4.78, 5) is 29.3. The first kappa shape index (κ1) is 21.2. The molecule has 0 spiro atoms. The average Bonchev–Trinajstić information content (AvgIpc) is 3.37. The lowest BCUT2D eigenvalue weighted by Crippen LogP contribution is -2.49. The zero-order chi connectivity index (χ0) is 21.5. The molecule has 6 heteroatoms. The molecule has 2 saturated heterocycles. The molecular weight excluding hydrogens is 390 g/mol. The molecule has 2 aromatic rings. The molecule has 0 aliphatic carbocycles. The maximum absolute atomic E-state index is 12.9. The van der Waals surface area contributed by atoms with Crippen LogP contribution >= 0.6 is 0 Å². The molecule has 164 valence electrons. The highest BCUT2D eigenvalue weighted by molar-refractivity contribution is 5.81. The van der Waals surface area contributed by atoms with Crippen molar-refractivity contribution < 1.29 is 14.3 Å². The summed E-state index contributed by atoms with van der Waals surface area (Å²) in [5.74, 6) is 0.706. The van der Waals surface area contributed by atoms with Crippen molar-refractivity contribution in [1.82, 2.24) is 15.1 Å². The van der Waals surface area contributed by atoms with Crippen LogP contribution in [0, 0.1) is 5.92 Å². The Labute approximate surface area is 184 Å². The molecule has 0 unspecified atom stereocenters. The van der Waals surface area contributed by atoms with Crippen LogP contribution in [0.4, 0.5) is 4.79 Å². The summed E-state index contributed by atoms with van der Waals surface area (Å²) < 4.78 is 5.88. The van der Waals surface area contributed by atoms with Crippen molar-refractivity contribution in [1.29, 1.82) is 0 Å². The van der Waals surface area contributed by atoms with E-state index in [0.717, 1.165) is 62.2 Å². The van der Waals surface area contributed by atoms with Gasteiger partial charge in [-0.25, -0.2) is 4.79 Å². The van der Waals surface area contributed by atoms with Crippen molar-refractivity contribution in [3.63, 3.8) is 0 Å². The summed E-state index contributed by atoms with van der Waals surface area (Å²) in [5.41, 5.74) is 2.11. The van der Waals surface area contributed by atoms with Gasteiger partial charge >= 0.3 is 6.03 Å². The quantitative estimate of drug-likeness (QED) is 0.772. The van der Waals surface area contributed by atoms with Crippen LogP contribution in [0.25, 0.3) is 0 Å². The minimum Gasteiger partial charge on any atom is -0.489 e. The SMILES string of the molecule is O=C(NCc1ccccc1COc1ccccc1)[C@@H]1CCCN(C(=O)N2CCCC2)C1. The lowest BCUT2D eigenvalue weighted by molar-refractivity contribution is -0.126. The molecule has 0 saturated carbocycles. The van der Waals surface area contributed by atoms with Crippen LogP contribution in [0.2, 0.25) is 0 Å². The van der Waals surface area contributed by atoms with E-state index in [0.29, 0.717) is 19.7 Å². The average molecular weight is 422 g/mol. The van der Waals surface area contributed by atoms with Gasteiger partial charge in [-0.05, 0) is 48.9 Å². The standard InChI is InChI=1S/C25H31N3O3/c29-24(21-11-8-16-28(18-21)25(30)27-14-6-7-15-27)26-17-20-9-4-5-10-22(20)19-31-23-12-2-1-3-13-23/h1-5,9-10,12-13,21H,6-8,11,14-19H2,(H,26,29)/t21-/m1/s1. The Morgan fingerprint density at radius 3 is 2.32 bits per heavy atom. The highest BCUT2D eigenvalue weighted by Crippen LogP contribution is 2.20. The van der Waals surface area contributed by atoms with E-state index >= 15 is 0 Å². The van der Waals surface area contributed by atoms with Crippen molar-refractivity contribution in [3.05, 3.63) is 65.7 Å². The smallest absolute Gasteiger partial charge is 0.320 e. The number of amides is 3. The normalized spacial score (nSPS) is 18.6. The summed E-state index contributed by atoms with van der Waals surface area (Å²) in [7, 11) is 0. The lowest BCUT2D eigenvalue weighted by Gasteiger charge is -2.34. The van der Waals surface area contributed by atoms with Crippen molar-refractivity contribution in [2.24, 2.45) is 5.92 Å². The minimum absolute atomic E-state index is 0.0257. The molecule has 2 fully saturated rings. The predicted molar refractivity (Wildman–Crippen MR) is 120 cm³/mol. The molecular formula is C25H31N3O3. The Hall–Kier alpha value is -3.02. The molecule has 2 aliphatic rings. The largest absolute Gasteiger partial charge is 0.489 e. The van der Waals surface area contributed by atoms with E-state index in [-0.39, 0.29) is 17.9 Å². The van der Waals surface area contributed by atoms with E-state index in [9.17, 15) is 9.59 Å². The predicted octanol–water partition coefficient (Wildman–Crippen LogP) is 3.81. The Morgan fingerprint density at radius 1 is 0.871 bits per heavy atom. The highest BCUT2D eigenvalue weighted by atomic mass is 16.5. The van der Waals surface area contributed by atoms with Gasteiger partial charge in [-0.3, -0.25) is 4.79 Å². The maximum Gasteiger partial charge on any atom is 0.320 e. The van der Waals surface area contributed by atoms with Gasteiger partial charge in [-0.2, -0.15) is 0 Å². The van der Waals surface area contributed by atoms with Crippen molar-refractivity contribution in [2.45, 2.75) is 38.8 Å². The van der Waals surface area contributed by atoms with Gasteiger partial charge in [0.1, 0.15) is 12.4 Å². The van der Waals surface area contributed by atoms with Gasteiger partial charge in [-0.1, -0.05) is 42.5 Å². The summed E-state index contributed by atoms with van der Waals surface area (Å²) >= 11 is 0. The van der Waals surface area contributed by atoms with Crippen molar-refractivity contribution in [2.75, 3.05) is 26.2 Å². The van der Waals surface area contributed by atoms with Crippen LogP contribution in [0.15, 0.2) is 54.6 Å². The monoisotopic (exact) mass is 421 g/mol. The second kappa shape index (κ2) is 10.3. The molecule has 1 N–H and O–H groups in total. The van der Waals surface area contributed by atoms with Crippen LogP contribution in [0.3, 0.4) is 0 Å². The number of benzene rings is 2. The van der Waals surface area contributed by atoms with E-state index < -0.39 is 0 Å². The van der Waals surface area contributed by atoms with Gasteiger partial charge in [0.2, 0.25) is 5.91 Å². The topological polar surface area (TPSA) is 61.9 Å². The lowest BCUT2D eigenvalue weighted by atomic mass is 9.97. The number of rotatable bonds is 6. The van der Waals surface area contributed by atoms with Gasteiger partial charge in [0.05, 0.1) is 5.92 Å². The zero-order valence-corrected chi connectivity index (χ0v) is 18.0. The maximum atomic E-state index is 12.9. The van der Waals surface area contributed by atoms with Gasteiger partial charge in [-0.15, -0.1) is 0 Å². The number of para-hydroxylation sites is 1. The Morgan fingerprint density at radius 2 is 1.55 bits per heavy atom. The van der Waals surface area contributed by atoms with Crippen LogP contribution in [0.5, 0.6) is 5.75 Å². The van der Waals surface area contributed by atoms with E-state index in [1.165, 1.54) is 0 Å². The summed E-state index contributed by atoms with van der Waals surface area (Å²) in [5, 5.41) is 3.09. The summed E-state index contributed by atoms with van der Waals surface area (Å²) in [6.07, 6.45) is 3.86. The highest BCUT2D eigenvalue weighted by Gasteiger charge is 2.31. The Bertz CT molecular complexity index is 881. The fourth-order valence-electron chi connectivity index (χ4n) is 4.35. The number of carbonyl (C=O) groups is 2. The number of urea groups is 1. The molecule has 4 rings (SSSR count).